The number of nitrogens with one attached hydrogen (secondary N) is 2. The lowest BCUT2D eigenvalue weighted by Crippen LogP contribution is -2.48. The third kappa shape index (κ3) is 3.42. The van der Waals surface area contributed by atoms with Crippen LogP contribution in [0.3, 0.4) is 0 Å². The molecule has 0 aliphatic heterocycles. The van der Waals surface area contributed by atoms with Crippen LogP contribution in [-0.2, 0) is 6.54 Å². The van der Waals surface area contributed by atoms with Gasteiger partial charge in [-0.3, -0.25) is 0 Å². The number of benzene rings is 1. The minimum absolute atomic E-state index is 0.0424. The number of aliphatic hydroxyl groups excluding tert-OH is 1. The van der Waals surface area contributed by atoms with Gasteiger partial charge in [-0.2, -0.15) is 0 Å². The summed E-state index contributed by atoms with van der Waals surface area (Å²) >= 11 is 0. The van der Waals surface area contributed by atoms with Crippen LogP contribution in [0, 0.1) is 23.6 Å². The second kappa shape index (κ2) is 6.74. The average Bonchev–Trinajstić information content (AvgIpc) is 3.13. The van der Waals surface area contributed by atoms with Crippen molar-refractivity contribution in [2.75, 3.05) is 13.7 Å². The molecule has 23 heavy (non-hydrogen) atoms. The van der Waals surface area contributed by atoms with Crippen LogP contribution < -0.4 is 15.4 Å². The third-order valence-corrected chi connectivity index (χ3v) is 5.22. The molecule has 0 aromatic heterocycles. The first-order valence-corrected chi connectivity index (χ1v) is 8.09. The molecule has 0 saturated heterocycles. The highest BCUT2D eigenvalue weighted by molar-refractivity contribution is 5.74. The van der Waals surface area contributed by atoms with Crippen molar-refractivity contribution in [2.24, 2.45) is 17.8 Å². The van der Waals surface area contributed by atoms with Crippen molar-refractivity contribution in [3.8, 4) is 5.75 Å². The van der Waals surface area contributed by atoms with Gasteiger partial charge in [-0.25, -0.2) is 9.18 Å². The molecule has 2 saturated carbocycles. The molecule has 2 aliphatic rings. The molecule has 1 aromatic carbocycles. The minimum atomic E-state index is -0.394. The number of hydrogen-bond acceptors (Lipinski definition) is 3. The SMILES string of the molecule is COc1cc(F)cc(CNC(=O)NC2C3CCC(C3)C2CO)c1. The van der Waals surface area contributed by atoms with Gasteiger partial charge in [-0.05, 0) is 48.8 Å². The maximum absolute atomic E-state index is 13.4. The zero-order valence-corrected chi connectivity index (χ0v) is 13.2. The lowest BCUT2D eigenvalue weighted by Gasteiger charge is -2.30. The van der Waals surface area contributed by atoms with Crippen LogP contribution >= 0.6 is 0 Å². The summed E-state index contributed by atoms with van der Waals surface area (Å²) in [6.07, 6.45) is 3.36. The minimum Gasteiger partial charge on any atom is -0.497 e. The van der Waals surface area contributed by atoms with Gasteiger partial charge in [0.25, 0.3) is 0 Å². The second-order valence-electron chi connectivity index (χ2n) is 6.53. The van der Waals surface area contributed by atoms with Crippen molar-refractivity contribution in [1.82, 2.24) is 10.6 Å². The first-order valence-electron chi connectivity index (χ1n) is 8.09. The molecule has 3 N–H and O–H groups in total. The maximum Gasteiger partial charge on any atom is 0.315 e. The Morgan fingerprint density at radius 2 is 2.13 bits per heavy atom. The van der Waals surface area contributed by atoms with E-state index in [1.54, 1.807) is 6.07 Å². The van der Waals surface area contributed by atoms with Crippen LogP contribution in [0.4, 0.5) is 9.18 Å². The second-order valence-corrected chi connectivity index (χ2v) is 6.53. The number of fused-ring (bicyclic) bond motifs is 2. The number of aliphatic hydroxyl groups is 1. The highest BCUT2D eigenvalue weighted by atomic mass is 19.1. The number of halogens is 1. The Kier molecular flexibility index (Phi) is 4.71. The molecule has 0 heterocycles. The number of hydrogen-bond donors (Lipinski definition) is 3. The van der Waals surface area contributed by atoms with Crippen molar-refractivity contribution in [1.29, 1.82) is 0 Å². The molecule has 2 fully saturated rings. The van der Waals surface area contributed by atoms with Crippen LogP contribution in [0.2, 0.25) is 0 Å². The molecule has 1 aromatic rings. The van der Waals surface area contributed by atoms with E-state index in [2.05, 4.69) is 10.6 Å². The summed E-state index contributed by atoms with van der Waals surface area (Å²) < 4.78 is 18.4. The van der Waals surface area contributed by atoms with E-state index in [-0.39, 0.29) is 31.1 Å². The van der Waals surface area contributed by atoms with Crippen LogP contribution in [0.5, 0.6) is 5.75 Å². The van der Waals surface area contributed by atoms with Gasteiger partial charge in [0.2, 0.25) is 0 Å². The summed E-state index contributed by atoms with van der Waals surface area (Å²) in [6, 6.07) is 4.13. The highest BCUT2D eigenvalue weighted by Gasteiger charge is 2.47. The number of carbonyl (C=O) groups is 1. The van der Waals surface area contributed by atoms with Crippen molar-refractivity contribution in [2.45, 2.75) is 31.8 Å². The van der Waals surface area contributed by atoms with E-state index in [0.29, 0.717) is 23.1 Å². The molecule has 2 bridgehead atoms. The van der Waals surface area contributed by atoms with E-state index < -0.39 is 5.82 Å². The molecule has 6 heteroatoms. The number of urea groups is 1. The van der Waals surface area contributed by atoms with Crippen LogP contribution in [0.15, 0.2) is 18.2 Å². The van der Waals surface area contributed by atoms with E-state index in [4.69, 9.17) is 4.74 Å². The molecule has 0 spiro atoms. The van der Waals surface area contributed by atoms with Gasteiger partial charge >= 0.3 is 6.03 Å². The number of amides is 2. The zero-order valence-electron chi connectivity index (χ0n) is 13.2. The summed E-state index contributed by atoms with van der Waals surface area (Å²) in [5.41, 5.74) is 0.642. The third-order valence-electron chi connectivity index (χ3n) is 5.22. The standard InChI is InChI=1S/C17H23FN2O3/c1-23-14-5-10(4-13(18)7-14)8-19-17(22)20-16-12-3-2-11(6-12)15(16)9-21/h4-5,7,11-12,15-16,21H,2-3,6,8-9H2,1H3,(H2,19,20,22). The summed E-state index contributed by atoms with van der Waals surface area (Å²) in [7, 11) is 1.48. The Morgan fingerprint density at radius 1 is 1.35 bits per heavy atom. The van der Waals surface area contributed by atoms with E-state index in [1.807, 2.05) is 0 Å². The Bertz CT molecular complexity index is 581. The zero-order chi connectivity index (χ0) is 16.4. The number of carbonyl (C=O) groups excluding carboxylic acids is 1. The first-order chi connectivity index (χ1) is 11.1. The smallest absolute Gasteiger partial charge is 0.315 e. The molecular formula is C17H23FN2O3. The number of methoxy groups -OCH3 is 1. The lowest BCUT2D eigenvalue weighted by atomic mass is 9.85. The Hall–Kier alpha value is -1.82. The van der Waals surface area contributed by atoms with E-state index in [9.17, 15) is 14.3 Å². The Balaban J connectivity index is 1.55. The fraction of sp³-hybridized carbons (Fsp3) is 0.588. The predicted molar refractivity (Wildman–Crippen MR) is 83.5 cm³/mol. The number of ether oxygens (including phenoxy) is 1. The molecule has 2 aliphatic carbocycles. The maximum atomic E-state index is 13.4. The normalized spacial score (nSPS) is 28.7. The summed E-state index contributed by atoms with van der Waals surface area (Å²) in [6.45, 7) is 0.345. The molecule has 4 atom stereocenters. The fourth-order valence-electron chi connectivity index (χ4n) is 4.12. The van der Waals surface area contributed by atoms with Gasteiger partial charge in [0.1, 0.15) is 11.6 Å². The Morgan fingerprint density at radius 3 is 2.87 bits per heavy atom. The van der Waals surface area contributed by atoms with Crippen molar-refractivity contribution < 1.29 is 19.0 Å². The highest BCUT2D eigenvalue weighted by Crippen LogP contribution is 2.48. The van der Waals surface area contributed by atoms with E-state index in [1.165, 1.54) is 19.2 Å². The van der Waals surface area contributed by atoms with Crippen LogP contribution in [0.1, 0.15) is 24.8 Å². The monoisotopic (exact) mass is 322 g/mol. The van der Waals surface area contributed by atoms with Crippen LogP contribution in [0.25, 0.3) is 0 Å². The van der Waals surface area contributed by atoms with Crippen LogP contribution in [-0.4, -0.2) is 30.9 Å². The quantitative estimate of drug-likeness (QED) is 0.777. The molecule has 4 unspecified atom stereocenters. The molecule has 2 amide bonds. The predicted octanol–water partition coefficient (Wildman–Crippen LogP) is 2.04. The average molecular weight is 322 g/mol. The van der Waals surface area contributed by atoms with Crippen molar-refractivity contribution in [3.05, 3.63) is 29.6 Å². The molecule has 0 radical (unpaired) electrons. The summed E-state index contributed by atoms with van der Waals surface area (Å²) in [5.74, 6) is 1.19. The molecule has 3 rings (SSSR count). The summed E-state index contributed by atoms with van der Waals surface area (Å²) in [4.78, 5) is 12.1. The molecular weight excluding hydrogens is 299 g/mol. The van der Waals surface area contributed by atoms with E-state index >= 15 is 0 Å². The van der Waals surface area contributed by atoms with Gasteiger partial charge in [0.05, 0.1) is 7.11 Å². The summed E-state index contributed by atoms with van der Waals surface area (Å²) in [5, 5.41) is 15.3. The van der Waals surface area contributed by atoms with Gasteiger partial charge in [0.15, 0.2) is 0 Å². The lowest BCUT2D eigenvalue weighted by molar-refractivity contribution is 0.144. The van der Waals surface area contributed by atoms with E-state index in [0.717, 1.165) is 19.3 Å². The molecule has 126 valence electrons. The fourth-order valence-corrected chi connectivity index (χ4v) is 4.12. The van der Waals surface area contributed by atoms with Gasteiger partial charge in [-0.1, -0.05) is 0 Å². The van der Waals surface area contributed by atoms with Crippen molar-refractivity contribution >= 4 is 6.03 Å². The van der Waals surface area contributed by atoms with Gasteiger partial charge in [0, 0.05) is 31.2 Å². The van der Waals surface area contributed by atoms with Crippen molar-refractivity contribution in [3.63, 3.8) is 0 Å². The first kappa shape index (κ1) is 16.1. The van der Waals surface area contributed by atoms with Gasteiger partial charge < -0.3 is 20.5 Å². The van der Waals surface area contributed by atoms with Gasteiger partial charge in [-0.15, -0.1) is 0 Å². The molecule has 5 nitrogen and oxygen atoms in total. The number of rotatable bonds is 5. The Labute approximate surface area is 135 Å². The largest absolute Gasteiger partial charge is 0.497 e. The topological polar surface area (TPSA) is 70.6 Å².